The van der Waals surface area contributed by atoms with Gasteiger partial charge in [-0.3, -0.25) is 4.79 Å². The molecule has 2 fully saturated rings. The van der Waals surface area contributed by atoms with E-state index in [1.54, 1.807) is 12.1 Å². The SMILES string of the molecule is COc1ccc(C(=O)N2CCCCCC2)cc1S(=O)(=O)NC1CC1. The van der Waals surface area contributed by atoms with Crippen molar-refractivity contribution in [2.45, 2.75) is 49.5 Å². The summed E-state index contributed by atoms with van der Waals surface area (Å²) in [7, 11) is -2.25. The number of hydrogen-bond acceptors (Lipinski definition) is 4. The maximum atomic E-state index is 12.7. The van der Waals surface area contributed by atoms with Gasteiger partial charge in [0.2, 0.25) is 10.0 Å². The van der Waals surface area contributed by atoms with Crippen molar-refractivity contribution in [1.82, 2.24) is 9.62 Å². The molecule has 7 heteroatoms. The Morgan fingerprint density at radius 2 is 1.83 bits per heavy atom. The van der Waals surface area contributed by atoms with E-state index < -0.39 is 10.0 Å². The maximum Gasteiger partial charge on any atom is 0.253 e. The van der Waals surface area contributed by atoms with Crippen LogP contribution < -0.4 is 9.46 Å². The summed E-state index contributed by atoms with van der Waals surface area (Å²) in [4.78, 5) is 14.6. The number of nitrogens with zero attached hydrogens (tertiary/aromatic N) is 1. The molecule has 1 saturated carbocycles. The van der Waals surface area contributed by atoms with Gasteiger partial charge in [0, 0.05) is 24.7 Å². The summed E-state index contributed by atoms with van der Waals surface area (Å²) in [6.45, 7) is 1.46. The number of methoxy groups -OCH3 is 1. The molecule has 1 amide bonds. The van der Waals surface area contributed by atoms with E-state index in [2.05, 4.69) is 4.72 Å². The second kappa shape index (κ2) is 7.11. The molecule has 0 bridgehead atoms. The fourth-order valence-electron chi connectivity index (χ4n) is 2.96. The van der Waals surface area contributed by atoms with Gasteiger partial charge < -0.3 is 9.64 Å². The Balaban J connectivity index is 1.88. The van der Waals surface area contributed by atoms with Crippen LogP contribution in [0.3, 0.4) is 0 Å². The van der Waals surface area contributed by atoms with Crippen LogP contribution in [0.15, 0.2) is 23.1 Å². The van der Waals surface area contributed by atoms with Crippen LogP contribution >= 0.6 is 0 Å². The summed E-state index contributed by atoms with van der Waals surface area (Å²) in [5.74, 6) is 0.151. The van der Waals surface area contributed by atoms with Gasteiger partial charge in [-0.25, -0.2) is 13.1 Å². The highest BCUT2D eigenvalue weighted by atomic mass is 32.2. The van der Waals surface area contributed by atoms with Gasteiger partial charge in [-0.05, 0) is 43.9 Å². The molecule has 3 rings (SSSR count). The van der Waals surface area contributed by atoms with E-state index >= 15 is 0 Å². The molecule has 0 radical (unpaired) electrons. The lowest BCUT2D eigenvalue weighted by Crippen LogP contribution is -2.32. The van der Waals surface area contributed by atoms with E-state index in [9.17, 15) is 13.2 Å². The fraction of sp³-hybridized carbons (Fsp3) is 0.588. The number of carbonyl (C=O) groups is 1. The van der Waals surface area contributed by atoms with Crippen LogP contribution in [0.4, 0.5) is 0 Å². The molecule has 6 nitrogen and oxygen atoms in total. The van der Waals surface area contributed by atoms with E-state index in [4.69, 9.17) is 4.74 Å². The highest BCUT2D eigenvalue weighted by Gasteiger charge is 2.30. The topological polar surface area (TPSA) is 75.7 Å². The molecule has 0 unspecified atom stereocenters. The lowest BCUT2D eigenvalue weighted by molar-refractivity contribution is 0.0761. The third kappa shape index (κ3) is 3.89. The summed E-state index contributed by atoms with van der Waals surface area (Å²) in [5.41, 5.74) is 0.397. The van der Waals surface area contributed by atoms with Crippen molar-refractivity contribution in [2.24, 2.45) is 0 Å². The Morgan fingerprint density at radius 1 is 1.17 bits per heavy atom. The number of benzene rings is 1. The Labute approximate surface area is 143 Å². The minimum absolute atomic E-state index is 0.00432. The molecule has 1 aliphatic heterocycles. The van der Waals surface area contributed by atoms with Crippen molar-refractivity contribution in [3.63, 3.8) is 0 Å². The van der Waals surface area contributed by atoms with Crippen molar-refractivity contribution in [3.05, 3.63) is 23.8 Å². The largest absolute Gasteiger partial charge is 0.495 e. The molecular formula is C17H24N2O4S. The van der Waals surface area contributed by atoms with Crippen molar-refractivity contribution in [2.75, 3.05) is 20.2 Å². The van der Waals surface area contributed by atoms with Gasteiger partial charge in [-0.15, -0.1) is 0 Å². The van der Waals surface area contributed by atoms with Crippen LogP contribution in [-0.2, 0) is 10.0 Å². The monoisotopic (exact) mass is 352 g/mol. The zero-order chi connectivity index (χ0) is 17.2. The Kier molecular flexibility index (Phi) is 5.10. The molecule has 0 spiro atoms. The standard InChI is InChI=1S/C17H24N2O4S/c1-23-15-9-6-13(17(20)19-10-4-2-3-5-11-19)12-16(15)24(21,22)18-14-7-8-14/h6,9,12,14,18H,2-5,7-8,10-11H2,1H3. The average Bonchev–Trinajstić information content (AvgIpc) is 3.40. The number of ether oxygens (including phenoxy) is 1. The number of hydrogen-bond donors (Lipinski definition) is 1. The molecule has 132 valence electrons. The molecule has 1 aromatic carbocycles. The van der Waals surface area contributed by atoms with Gasteiger partial charge in [0.05, 0.1) is 7.11 Å². The normalized spacial score (nSPS) is 19.0. The highest BCUT2D eigenvalue weighted by Crippen LogP contribution is 2.29. The summed E-state index contributed by atoms with van der Waals surface area (Å²) < 4.78 is 32.9. The van der Waals surface area contributed by atoms with Crippen molar-refractivity contribution in [3.8, 4) is 5.75 Å². The molecule has 2 aliphatic rings. The van der Waals surface area contributed by atoms with E-state index in [0.29, 0.717) is 5.56 Å². The van der Waals surface area contributed by atoms with Crippen LogP contribution in [0.5, 0.6) is 5.75 Å². The highest BCUT2D eigenvalue weighted by molar-refractivity contribution is 7.89. The number of sulfonamides is 1. The number of likely N-dealkylation sites (tertiary alicyclic amines) is 1. The molecule has 1 saturated heterocycles. The minimum Gasteiger partial charge on any atom is -0.495 e. The molecule has 24 heavy (non-hydrogen) atoms. The first kappa shape index (κ1) is 17.2. The first-order valence-corrected chi connectivity index (χ1v) is 9.99. The van der Waals surface area contributed by atoms with Gasteiger partial charge in [0.15, 0.2) is 0 Å². The lowest BCUT2D eigenvalue weighted by atomic mass is 10.2. The van der Waals surface area contributed by atoms with E-state index in [-0.39, 0.29) is 22.6 Å². The first-order chi connectivity index (χ1) is 11.5. The maximum absolute atomic E-state index is 12.7. The van der Waals surface area contributed by atoms with Gasteiger partial charge in [0.1, 0.15) is 10.6 Å². The number of carbonyl (C=O) groups excluding carboxylic acids is 1. The number of nitrogens with one attached hydrogen (secondary N) is 1. The third-order valence-corrected chi connectivity index (χ3v) is 6.03. The van der Waals surface area contributed by atoms with Gasteiger partial charge in [0.25, 0.3) is 5.91 Å². The summed E-state index contributed by atoms with van der Waals surface area (Å²) in [5, 5.41) is 0. The molecule has 1 heterocycles. The Morgan fingerprint density at radius 3 is 2.42 bits per heavy atom. The zero-order valence-electron chi connectivity index (χ0n) is 14.0. The molecular weight excluding hydrogens is 328 g/mol. The molecule has 0 aromatic heterocycles. The predicted molar refractivity (Wildman–Crippen MR) is 90.7 cm³/mol. The number of amides is 1. The van der Waals surface area contributed by atoms with Crippen molar-refractivity contribution in [1.29, 1.82) is 0 Å². The molecule has 1 N–H and O–H groups in total. The van der Waals surface area contributed by atoms with E-state index in [1.807, 2.05) is 4.90 Å². The van der Waals surface area contributed by atoms with Crippen molar-refractivity contribution >= 4 is 15.9 Å². The molecule has 1 aromatic rings. The van der Waals surface area contributed by atoms with Crippen LogP contribution in [0.2, 0.25) is 0 Å². The second-order valence-corrected chi connectivity index (χ2v) is 8.15. The number of rotatable bonds is 5. The Hall–Kier alpha value is -1.60. The van der Waals surface area contributed by atoms with E-state index in [1.165, 1.54) is 13.2 Å². The second-order valence-electron chi connectivity index (χ2n) is 6.47. The Bertz CT molecular complexity index is 705. The van der Waals surface area contributed by atoms with Crippen LogP contribution in [0.25, 0.3) is 0 Å². The molecule has 0 atom stereocenters. The zero-order valence-corrected chi connectivity index (χ0v) is 14.8. The van der Waals surface area contributed by atoms with Crippen LogP contribution in [0, 0.1) is 0 Å². The fourth-order valence-corrected chi connectivity index (χ4v) is 4.46. The van der Waals surface area contributed by atoms with Crippen LogP contribution in [0.1, 0.15) is 48.9 Å². The van der Waals surface area contributed by atoms with Crippen molar-refractivity contribution < 1.29 is 17.9 Å². The van der Waals surface area contributed by atoms with Crippen LogP contribution in [-0.4, -0.2) is 45.5 Å². The molecule has 1 aliphatic carbocycles. The predicted octanol–water partition coefficient (Wildman–Crippen LogP) is 2.15. The summed E-state index contributed by atoms with van der Waals surface area (Å²) in [6.07, 6.45) is 5.98. The minimum atomic E-state index is -3.68. The average molecular weight is 352 g/mol. The van der Waals surface area contributed by atoms with Gasteiger partial charge in [-0.1, -0.05) is 12.8 Å². The van der Waals surface area contributed by atoms with Gasteiger partial charge in [-0.2, -0.15) is 0 Å². The van der Waals surface area contributed by atoms with E-state index in [0.717, 1.165) is 51.6 Å². The lowest BCUT2D eigenvalue weighted by Gasteiger charge is -2.21. The smallest absolute Gasteiger partial charge is 0.253 e. The van der Waals surface area contributed by atoms with Gasteiger partial charge >= 0.3 is 0 Å². The first-order valence-electron chi connectivity index (χ1n) is 8.51. The quantitative estimate of drug-likeness (QED) is 0.881. The summed E-state index contributed by atoms with van der Waals surface area (Å²) >= 11 is 0. The third-order valence-electron chi connectivity index (χ3n) is 4.49. The summed E-state index contributed by atoms with van der Waals surface area (Å²) in [6, 6.07) is 4.65.